The van der Waals surface area contributed by atoms with E-state index >= 15 is 0 Å². The molecule has 0 aliphatic carbocycles. The van der Waals surface area contributed by atoms with Crippen molar-refractivity contribution in [3.8, 4) is 11.5 Å². The van der Waals surface area contributed by atoms with Crippen molar-refractivity contribution < 1.29 is 49.4 Å². The summed E-state index contributed by atoms with van der Waals surface area (Å²) in [5.74, 6) is -0.344. The summed E-state index contributed by atoms with van der Waals surface area (Å²) in [7, 11) is 0. The molecule has 1 heterocycles. The molecule has 3 unspecified atom stereocenters. The summed E-state index contributed by atoms with van der Waals surface area (Å²) in [5.41, 5.74) is 0.282. The first-order valence-electron chi connectivity index (χ1n) is 10.2. The van der Waals surface area contributed by atoms with E-state index in [9.17, 15) is 29.7 Å². The third-order valence-corrected chi connectivity index (χ3v) is 7.75. The molecule has 1 aliphatic rings. The quantitative estimate of drug-likeness (QED) is 0.156. The number of benzene rings is 1. The predicted molar refractivity (Wildman–Crippen MR) is 146 cm³/mol. The van der Waals surface area contributed by atoms with E-state index < -0.39 is 43.7 Å². The molecule has 1 fully saturated rings. The number of hydrogen-bond donors (Lipinski definition) is 7. The van der Waals surface area contributed by atoms with Gasteiger partial charge in [0, 0.05) is 19.5 Å². The van der Waals surface area contributed by atoms with Gasteiger partial charge in [0.2, 0.25) is 5.91 Å². The zero-order chi connectivity index (χ0) is 26.3. The number of aliphatic hydroxyl groups excluding tert-OH is 5. The predicted octanol–water partition coefficient (Wildman–Crippen LogP) is -0.129. The number of ether oxygens (including phenoxy) is 2. The van der Waals surface area contributed by atoms with Gasteiger partial charge in [-0.05, 0) is 74.2 Å². The molecule has 3 amide bonds. The number of anilines is 1. The van der Waals surface area contributed by atoms with Gasteiger partial charge in [-0.15, -0.1) is 0 Å². The van der Waals surface area contributed by atoms with E-state index in [4.69, 9.17) is 19.7 Å². The molecule has 0 spiro atoms. The van der Waals surface area contributed by atoms with Crippen molar-refractivity contribution in [3.05, 3.63) is 10.7 Å². The molecule has 3 atom stereocenters. The zero-order valence-corrected chi connectivity index (χ0v) is 24.5. The molecule has 2 rings (SSSR count). The number of aliphatic hydroxyl groups is 5. The highest BCUT2D eigenvalue weighted by Gasteiger charge is 2.37. The molecule has 35 heavy (non-hydrogen) atoms. The van der Waals surface area contributed by atoms with Gasteiger partial charge in [-0.1, -0.05) is 0 Å². The van der Waals surface area contributed by atoms with Crippen LogP contribution in [0.15, 0.2) is 0 Å². The zero-order valence-electron chi connectivity index (χ0n) is 18.0. The number of amides is 3. The highest BCUT2D eigenvalue weighted by atomic mass is 127. The minimum atomic E-state index is -1.20. The van der Waals surface area contributed by atoms with Crippen LogP contribution in [-0.4, -0.2) is 94.8 Å². The first-order valence-corrected chi connectivity index (χ1v) is 13.4. The van der Waals surface area contributed by atoms with Crippen LogP contribution >= 0.6 is 67.8 Å². The molecule has 0 bridgehead atoms. The van der Waals surface area contributed by atoms with E-state index in [0.29, 0.717) is 13.6 Å². The van der Waals surface area contributed by atoms with Crippen molar-refractivity contribution in [1.29, 1.82) is 0 Å². The Morgan fingerprint density at radius 1 is 0.914 bits per heavy atom. The van der Waals surface area contributed by atoms with Gasteiger partial charge in [0.05, 0.1) is 50.9 Å². The Balaban J connectivity index is 2.50. The molecule has 0 radical (unpaired) electrons. The number of halogens is 3. The minimum absolute atomic E-state index is 0.0350. The lowest BCUT2D eigenvalue weighted by atomic mass is 10.2. The summed E-state index contributed by atoms with van der Waals surface area (Å²) in [4.78, 5) is 38.8. The molecule has 16 heteroatoms. The molecule has 0 saturated carbocycles. The van der Waals surface area contributed by atoms with E-state index in [1.54, 1.807) is 22.6 Å². The lowest BCUT2D eigenvalue weighted by molar-refractivity contribution is -0.117. The first-order chi connectivity index (χ1) is 16.5. The molecule has 1 aliphatic heterocycles. The van der Waals surface area contributed by atoms with Crippen molar-refractivity contribution in [1.82, 2.24) is 10.6 Å². The summed E-state index contributed by atoms with van der Waals surface area (Å²) in [6, 6.07) is -0.535. The molecule has 7 N–H and O–H groups in total. The lowest BCUT2D eigenvalue weighted by Crippen LogP contribution is -2.38. The van der Waals surface area contributed by atoms with Crippen LogP contribution in [0.2, 0.25) is 0 Å². The summed E-state index contributed by atoms with van der Waals surface area (Å²) in [5, 5.41) is 51.1. The van der Waals surface area contributed by atoms with Gasteiger partial charge in [0.25, 0.3) is 0 Å². The minimum Gasteiger partial charge on any atom is -0.408 e. The Labute approximate surface area is 240 Å². The first kappa shape index (κ1) is 30.4. The normalized spacial score (nSPS) is 17.2. The Hall–Kier alpha value is -0.780. The van der Waals surface area contributed by atoms with Crippen LogP contribution < -0.4 is 25.0 Å². The topological polar surface area (TPSA) is 198 Å². The Kier molecular flexibility index (Phi) is 12.4. The summed E-state index contributed by atoms with van der Waals surface area (Å²) >= 11 is 5.58. The largest absolute Gasteiger partial charge is 0.412 e. The van der Waals surface area contributed by atoms with E-state index in [2.05, 4.69) is 10.6 Å². The van der Waals surface area contributed by atoms with Crippen LogP contribution in [0.1, 0.15) is 12.8 Å². The average Bonchev–Trinajstić information content (AvgIpc) is 3.21. The van der Waals surface area contributed by atoms with E-state index in [0.717, 1.165) is 0 Å². The third-order valence-electron chi connectivity index (χ3n) is 4.77. The number of hydrogen-bond acceptors (Lipinski definition) is 10. The summed E-state index contributed by atoms with van der Waals surface area (Å²) in [6.45, 7) is -2.01. The van der Waals surface area contributed by atoms with Gasteiger partial charge in [-0.3, -0.25) is 4.79 Å². The second-order valence-electron chi connectivity index (χ2n) is 7.30. The van der Waals surface area contributed by atoms with Gasteiger partial charge in [-0.2, -0.15) is 0 Å². The fourth-order valence-electron chi connectivity index (χ4n) is 3.01. The molecular weight excluding hydrogens is 811 g/mol. The molecule has 13 nitrogen and oxygen atoms in total. The van der Waals surface area contributed by atoms with Crippen LogP contribution in [0.3, 0.4) is 0 Å². The Morgan fingerprint density at radius 2 is 1.37 bits per heavy atom. The van der Waals surface area contributed by atoms with Crippen LogP contribution in [0, 0.1) is 10.7 Å². The van der Waals surface area contributed by atoms with Crippen molar-refractivity contribution in [2.45, 2.75) is 31.1 Å². The van der Waals surface area contributed by atoms with E-state index in [-0.39, 0.29) is 52.8 Å². The summed E-state index contributed by atoms with van der Waals surface area (Å²) in [6.07, 6.45) is -3.73. The van der Waals surface area contributed by atoms with Gasteiger partial charge in [0.15, 0.2) is 11.5 Å². The van der Waals surface area contributed by atoms with Gasteiger partial charge in [0.1, 0.15) is 3.57 Å². The monoisotopic (exact) mass is 835 g/mol. The van der Waals surface area contributed by atoms with Crippen LogP contribution in [0.25, 0.3) is 0 Å². The molecule has 1 saturated heterocycles. The smallest absolute Gasteiger partial charge is 0.408 e. The highest BCUT2D eigenvalue weighted by Crippen LogP contribution is 2.47. The number of nitrogens with one attached hydrogen (secondary N) is 2. The number of carbonyl (C=O) groups is 3. The maximum absolute atomic E-state index is 12.7. The van der Waals surface area contributed by atoms with Crippen LogP contribution in [0.4, 0.5) is 15.3 Å². The van der Waals surface area contributed by atoms with Gasteiger partial charge < -0.3 is 50.5 Å². The van der Waals surface area contributed by atoms with Crippen molar-refractivity contribution in [2.75, 3.05) is 37.8 Å². The lowest BCUT2D eigenvalue weighted by Gasteiger charge is -2.28. The molecular formula is C19H24I3N3O10. The standard InChI is InChI=1S/C19H24I3N3O10/c20-12-15(25-8(5-26)1-2-11(25)31)13(21)17(35-19(33)24-4-10(30)7-28)14(22)16(12)34-18(32)23-3-9(29)6-27/h8-10,26-30H,1-7H2,(H,23,32)(H,24,33). The molecule has 0 aromatic heterocycles. The van der Waals surface area contributed by atoms with Gasteiger partial charge >= 0.3 is 12.2 Å². The number of carbonyl (C=O) groups excluding carboxylic acids is 3. The maximum Gasteiger partial charge on any atom is 0.412 e. The van der Waals surface area contributed by atoms with E-state index in [1.165, 1.54) is 4.90 Å². The van der Waals surface area contributed by atoms with Crippen LogP contribution in [-0.2, 0) is 4.79 Å². The molecule has 196 valence electrons. The second kappa shape index (κ2) is 14.2. The molecule has 1 aromatic carbocycles. The second-order valence-corrected chi connectivity index (χ2v) is 10.5. The number of nitrogens with zero attached hydrogens (tertiary/aromatic N) is 1. The van der Waals surface area contributed by atoms with Crippen molar-refractivity contribution in [3.63, 3.8) is 0 Å². The average molecular weight is 835 g/mol. The summed E-state index contributed by atoms with van der Waals surface area (Å²) < 4.78 is 11.7. The maximum atomic E-state index is 12.7. The highest BCUT2D eigenvalue weighted by molar-refractivity contribution is 14.1. The molecule has 1 aromatic rings. The van der Waals surface area contributed by atoms with Gasteiger partial charge in [-0.25, -0.2) is 9.59 Å². The van der Waals surface area contributed by atoms with Crippen LogP contribution in [0.5, 0.6) is 11.5 Å². The fraction of sp³-hybridized carbons (Fsp3) is 0.526. The van der Waals surface area contributed by atoms with E-state index in [1.807, 2.05) is 45.2 Å². The Morgan fingerprint density at radius 3 is 1.77 bits per heavy atom. The van der Waals surface area contributed by atoms with Crippen molar-refractivity contribution in [2.24, 2.45) is 0 Å². The SMILES string of the molecule is O=C(NCC(O)CO)Oc1c(I)c(OC(=O)NCC(O)CO)c(I)c(N2C(=O)CCC2CO)c1I. The third kappa shape index (κ3) is 7.85. The number of rotatable bonds is 10. The van der Waals surface area contributed by atoms with Crippen molar-refractivity contribution >= 4 is 91.6 Å². The Bertz CT molecular complexity index is 896. The fourth-order valence-corrected chi connectivity index (χ4v) is 7.14.